The number of nitrogens with zero attached hydrogens (tertiary/aromatic N) is 3. The molecule has 0 atom stereocenters. The van der Waals surface area contributed by atoms with E-state index in [0.29, 0.717) is 6.54 Å². The zero-order valence-corrected chi connectivity index (χ0v) is 12.4. The van der Waals surface area contributed by atoms with Gasteiger partial charge in [-0.1, -0.05) is 0 Å². The molecule has 0 saturated carbocycles. The Bertz CT molecular complexity index is 616. The Morgan fingerprint density at radius 1 is 1.20 bits per heavy atom. The lowest BCUT2D eigenvalue weighted by Crippen LogP contribution is -2.16. The SMILES string of the molecule is CN(C)Cc1nc2cc3c(cc2n1CCO)CCCC3. The number of imidazole rings is 1. The summed E-state index contributed by atoms with van der Waals surface area (Å²) in [7, 11) is 4.10. The van der Waals surface area contributed by atoms with Gasteiger partial charge >= 0.3 is 0 Å². The average Bonchev–Trinajstić information content (AvgIpc) is 2.73. The van der Waals surface area contributed by atoms with Crippen LogP contribution in [0.4, 0.5) is 0 Å². The van der Waals surface area contributed by atoms with Crippen molar-refractivity contribution in [1.82, 2.24) is 14.5 Å². The van der Waals surface area contributed by atoms with Crippen LogP contribution in [0.1, 0.15) is 29.8 Å². The molecule has 2 aromatic rings. The predicted octanol–water partition coefficient (Wildman–Crippen LogP) is 1.97. The molecule has 0 saturated heterocycles. The number of fused-ring (bicyclic) bond motifs is 2. The van der Waals surface area contributed by atoms with Crippen molar-refractivity contribution in [3.63, 3.8) is 0 Å². The van der Waals surface area contributed by atoms with Crippen molar-refractivity contribution < 1.29 is 5.11 Å². The van der Waals surface area contributed by atoms with Crippen molar-refractivity contribution in [3.05, 3.63) is 29.1 Å². The quantitative estimate of drug-likeness (QED) is 0.926. The standard InChI is InChI=1S/C16H23N3O/c1-18(2)11-16-17-14-9-12-5-3-4-6-13(12)10-15(14)19(16)7-8-20/h9-10,20H,3-8,11H2,1-2H3. The maximum absolute atomic E-state index is 9.33. The van der Waals surface area contributed by atoms with Crippen LogP contribution in [0.2, 0.25) is 0 Å². The van der Waals surface area contributed by atoms with Gasteiger partial charge in [0, 0.05) is 6.54 Å². The van der Waals surface area contributed by atoms with Gasteiger partial charge in [0.05, 0.1) is 24.2 Å². The first-order valence-electron chi connectivity index (χ1n) is 7.45. The smallest absolute Gasteiger partial charge is 0.124 e. The van der Waals surface area contributed by atoms with Gasteiger partial charge in [0.25, 0.3) is 0 Å². The molecule has 4 nitrogen and oxygen atoms in total. The van der Waals surface area contributed by atoms with E-state index in [1.807, 2.05) is 14.1 Å². The van der Waals surface area contributed by atoms with Crippen molar-refractivity contribution in [3.8, 4) is 0 Å². The molecule has 20 heavy (non-hydrogen) atoms. The zero-order chi connectivity index (χ0) is 14.1. The lowest BCUT2D eigenvalue weighted by molar-refractivity contribution is 0.272. The maximum atomic E-state index is 9.33. The van der Waals surface area contributed by atoms with Gasteiger partial charge in [-0.05, 0) is 63.0 Å². The number of aromatic nitrogens is 2. The van der Waals surface area contributed by atoms with Crippen LogP contribution in [-0.4, -0.2) is 40.3 Å². The van der Waals surface area contributed by atoms with Gasteiger partial charge in [-0.15, -0.1) is 0 Å². The first-order valence-corrected chi connectivity index (χ1v) is 7.45. The monoisotopic (exact) mass is 273 g/mol. The second-order valence-corrected chi connectivity index (χ2v) is 5.96. The predicted molar refractivity (Wildman–Crippen MR) is 80.9 cm³/mol. The van der Waals surface area contributed by atoms with E-state index >= 15 is 0 Å². The summed E-state index contributed by atoms with van der Waals surface area (Å²) in [5, 5.41) is 9.33. The van der Waals surface area contributed by atoms with Crippen molar-refractivity contribution in [1.29, 1.82) is 0 Å². The molecule has 1 N–H and O–H groups in total. The molecule has 0 spiro atoms. The van der Waals surface area contributed by atoms with Crippen LogP contribution in [0.15, 0.2) is 12.1 Å². The highest BCUT2D eigenvalue weighted by atomic mass is 16.3. The number of aliphatic hydroxyl groups excluding tert-OH is 1. The van der Waals surface area contributed by atoms with E-state index in [4.69, 9.17) is 4.98 Å². The fourth-order valence-corrected chi connectivity index (χ4v) is 3.16. The Morgan fingerprint density at radius 3 is 2.55 bits per heavy atom. The summed E-state index contributed by atoms with van der Waals surface area (Å²) in [5.41, 5.74) is 5.19. The van der Waals surface area contributed by atoms with Crippen LogP contribution in [0.25, 0.3) is 11.0 Å². The van der Waals surface area contributed by atoms with Crippen LogP contribution in [0.5, 0.6) is 0 Å². The Hall–Kier alpha value is -1.39. The first-order chi connectivity index (χ1) is 9.69. The third-order valence-electron chi connectivity index (χ3n) is 4.07. The van der Waals surface area contributed by atoms with Gasteiger partial charge in [-0.3, -0.25) is 0 Å². The van der Waals surface area contributed by atoms with Crippen molar-refractivity contribution >= 4 is 11.0 Å². The topological polar surface area (TPSA) is 41.3 Å². The molecule has 1 aliphatic rings. The summed E-state index contributed by atoms with van der Waals surface area (Å²) in [6, 6.07) is 4.56. The molecule has 0 unspecified atom stereocenters. The van der Waals surface area contributed by atoms with Gasteiger partial charge in [0.2, 0.25) is 0 Å². The molecule has 108 valence electrons. The molecular formula is C16H23N3O. The molecule has 0 aliphatic heterocycles. The minimum Gasteiger partial charge on any atom is -0.395 e. The molecule has 0 amide bonds. The molecule has 1 aliphatic carbocycles. The van der Waals surface area contributed by atoms with Crippen molar-refractivity contribution in [2.75, 3.05) is 20.7 Å². The Morgan fingerprint density at radius 2 is 1.90 bits per heavy atom. The van der Waals surface area contributed by atoms with Crippen LogP contribution in [-0.2, 0) is 25.9 Å². The Labute approximate surface area is 120 Å². The summed E-state index contributed by atoms with van der Waals surface area (Å²) in [4.78, 5) is 6.91. The molecule has 1 heterocycles. The molecule has 0 radical (unpaired) electrons. The number of aliphatic hydroxyl groups is 1. The molecular weight excluding hydrogens is 250 g/mol. The fraction of sp³-hybridized carbons (Fsp3) is 0.562. The van der Waals surface area contributed by atoms with E-state index < -0.39 is 0 Å². The van der Waals surface area contributed by atoms with Crippen molar-refractivity contribution in [2.45, 2.75) is 38.8 Å². The van der Waals surface area contributed by atoms with Gasteiger partial charge in [-0.2, -0.15) is 0 Å². The lowest BCUT2D eigenvalue weighted by atomic mass is 9.91. The lowest BCUT2D eigenvalue weighted by Gasteiger charge is -2.16. The molecule has 4 heteroatoms. The Kier molecular flexibility index (Phi) is 3.76. The molecule has 0 fully saturated rings. The summed E-state index contributed by atoms with van der Waals surface area (Å²) in [5.74, 6) is 1.04. The summed E-state index contributed by atoms with van der Waals surface area (Å²) in [6.07, 6.45) is 4.94. The van der Waals surface area contributed by atoms with E-state index in [1.165, 1.54) is 42.3 Å². The van der Waals surface area contributed by atoms with Gasteiger partial charge in [-0.25, -0.2) is 4.98 Å². The first kappa shape index (κ1) is 13.6. The van der Waals surface area contributed by atoms with E-state index in [0.717, 1.165) is 17.9 Å². The average molecular weight is 273 g/mol. The van der Waals surface area contributed by atoms with Gasteiger partial charge in [0.1, 0.15) is 5.82 Å². The van der Waals surface area contributed by atoms with E-state index in [1.54, 1.807) is 0 Å². The van der Waals surface area contributed by atoms with Crippen LogP contribution >= 0.6 is 0 Å². The minimum atomic E-state index is 0.156. The largest absolute Gasteiger partial charge is 0.395 e. The normalized spacial score (nSPS) is 15.0. The minimum absolute atomic E-state index is 0.156. The number of hydrogen-bond acceptors (Lipinski definition) is 3. The number of benzene rings is 1. The summed E-state index contributed by atoms with van der Waals surface area (Å²) in [6.45, 7) is 1.58. The fourth-order valence-electron chi connectivity index (χ4n) is 3.16. The number of aryl methyl sites for hydroxylation is 2. The van der Waals surface area contributed by atoms with Gasteiger partial charge < -0.3 is 14.6 Å². The third kappa shape index (κ3) is 2.45. The van der Waals surface area contributed by atoms with Crippen molar-refractivity contribution in [2.24, 2.45) is 0 Å². The molecule has 3 rings (SSSR count). The highest BCUT2D eigenvalue weighted by molar-refractivity contribution is 5.78. The van der Waals surface area contributed by atoms with Crippen LogP contribution in [0.3, 0.4) is 0 Å². The third-order valence-corrected chi connectivity index (χ3v) is 4.07. The molecule has 1 aromatic heterocycles. The highest BCUT2D eigenvalue weighted by Gasteiger charge is 2.16. The summed E-state index contributed by atoms with van der Waals surface area (Å²) >= 11 is 0. The van der Waals surface area contributed by atoms with Crippen LogP contribution < -0.4 is 0 Å². The second-order valence-electron chi connectivity index (χ2n) is 5.96. The molecule has 0 bridgehead atoms. The number of hydrogen-bond donors (Lipinski definition) is 1. The molecule has 1 aromatic carbocycles. The number of rotatable bonds is 4. The summed E-state index contributed by atoms with van der Waals surface area (Å²) < 4.78 is 2.17. The van der Waals surface area contributed by atoms with Crippen LogP contribution in [0, 0.1) is 0 Å². The van der Waals surface area contributed by atoms with E-state index in [9.17, 15) is 5.11 Å². The zero-order valence-electron chi connectivity index (χ0n) is 12.4. The van der Waals surface area contributed by atoms with E-state index in [2.05, 4.69) is 21.6 Å². The van der Waals surface area contributed by atoms with Gasteiger partial charge in [0.15, 0.2) is 0 Å². The Balaban J connectivity index is 2.12. The highest BCUT2D eigenvalue weighted by Crippen LogP contribution is 2.27. The second kappa shape index (κ2) is 5.54. The van der Waals surface area contributed by atoms with E-state index in [-0.39, 0.29) is 6.61 Å². The maximum Gasteiger partial charge on any atom is 0.124 e.